The van der Waals surface area contributed by atoms with E-state index in [1.54, 1.807) is 0 Å². The molecule has 8 rings (SSSR count). The van der Waals surface area contributed by atoms with E-state index in [4.69, 9.17) is 4.42 Å². The molecule has 1 heterocycles. The zero-order chi connectivity index (χ0) is 20.8. The van der Waals surface area contributed by atoms with Gasteiger partial charge in [0, 0.05) is 10.8 Å². The average Bonchev–Trinajstić information content (AvgIpc) is 2.87. The minimum Gasteiger partial charge on any atom is -0.205 e. The Labute approximate surface area is 183 Å². The van der Waals surface area contributed by atoms with Crippen LogP contribution < -0.4 is 0 Å². The Morgan fingerprint density at radius 2 is 0.812 bits per heavy atom. The topological polar surface area (TPSA) is 11.3 Å². The van der Waals surface area contributed by atoms with Crippen LogP contribution in [-0.4, -0.2) is 0 Å². The predicted molar refractivity (Wildman–Crippen MR) is 137 cm³/mol. The zero-order valence-electron chi connectivity index (χ0n) is 17.2. The van der Waals surface area contributed by atoms with E-state index in [1.807, 2.05) is 0 Å². The number of rotatable bonds is 0. The molecule has 0 aliphatic rings. The van der Waals surface area contributed by atoms with E-state index < -0.39 is 0 Å². The van der Waals surface area contributed by atoms with Gasteiger partial charge in [-0.1, -0.05) is 91.0 Å². The van der Waals surface area contributed by atoms with Crippen molar-refractivity contribution in [3.8, 4) is 0 Å². The van der Waals surface area contributed by atoms with E-state index in [2.05, 4.69) is 103 Å². The summed E-state index contributed by atoms with van der Waals surface area (Å²) in [5.41, 5.74) is 1.95. The largest absolute Gasteiger partial charge is 0.369 e. The fourth-order valence-electron chi connectivity index (χ4n) is 5.79. The number of benzene rings is 7. The van der Waals surface area contributed by atoms with Crippen molar-refractivity contribution in [2.24, 2.45) is 0 Å². The molecule has 7 aromatic carbocycles. The molecular weight excluding hydrogens is 388 g/mol. The molecule has 0 unspecified atom stereocenters. The van der Waals surface area contributed by atoms with E-state index >= 15 is 0 Å². The first kappa shape index (κ1) is 16.5. The first-order chi connectivity index (χ1) is 15.9. The third-order valence-corrected chi connectivity index (χ3v) is 7.09. The molecule has 32 heavy (non-hydrogen) atoms. The first-order valence-corrected chi connectivity index (χ1v) is 11.0. The van der Waals surface area contributed by atoms with Crippen molar-refractivity contribution in [3.05, 3.63) is 103 Å². The second-order valence-corrected chi connectivity index (χ2v) is 8.66. The molecule has 0 saturated carbocycles. The maximum Gasteiger partial charge on any atom is 0.369 e. The summed E-state index contributed by atoms with van der Waals surface area (Å²) in [4.78, 5) is 0. The van der Waals surface area contributed by atoms with Gasteiger partial charge in [0.1, 0.15) is 0 Å². The highest BCUT2D eigenvalue weighted by molar-refractivity contribution is 6.39. The maximum absolute atomic E-state index is 6.92. The van der Waals surface area contributed by atoms with Crippen molar-refractivity contribution in [2.75, 3.05) is 0 Å². The summed E-state index contributed by atoms with van der Waals surface area (Å²) >= 11 is 0. The summed E-state index contributed by atoms with van der Waals surface area (Å²) in [5.74, 6) is 0. The molecule has 0 aliphatic heterocycles. The highest BCUT2D eigenvalue weighted by Crippen LogP contribution is 2.46. The van der Waals surface area contributed by atoms with Crippen molar-refractivity contribution in [3.63, 3.8) is 0 Å². The van der Waals surface area contributed by atoms with Crippen LogP contribution in [0.2, 0.25) is 0 Å². The lowest BCUT2D eigenvalue weighted by atomic mass is 9.89. The number of hydrogen-bond donors (Lipinski definition) is 0. The quantitative estimate of drug-likeness (QED) is 0.139. The minimum atomic E-state index is 0.968. The van der Waals surface area contributed by atoms with Gasteiger partial charge in [-0.2, -0.15) is 0 Å². The molecule has 146 valence electrons. The fourth-order valence-corrected chi connectivity index (χ4v) is 5.79. The van der Waals surface area contributed by atoms with Gasteiger partial charge in [-0.25, -0.2) is 4.42 Å². The van der Waals surface area contributed by atoms with Gasteiger partial charge in [0.15, 0.2) is 0 Å². The summed E-state index contributed by atoms with van der Waals surface area (Å²) in [7, 11) is 0. The smallest absolute Gasteiger partial charge is 0.205 e. The van der Waals surface area contributed by atoms with Crippen molar-refractivity contribution < 1.29 is 4.42 Å². The number of hydrogen-bond acceptors (Lipinski definition) is 0. The number of fused-ring (bicyclic) bond motifs is 10. The van der Waals surface area contributed by atoms with Gasteiger partial charge in [-0.15, -0.1) is 0 Å². The molecular formula is C31H17O+. The van der Waals surface area contributed by atoms with Crippen LogP contribution in [0.1, 0.15) is 0 Å². The lowest BCUT2D eigenvalue weighted by Gasteiger charge is -2.12. The minimum absolute atomic E-state index is 0.968. The molecule has 1 aromatic heterocycles. The standard InChI is InChI=1S/C31H17O/c1-4-12-23-19(9-1)20-10-2-5-13-24(20)30-28(23)26-17-16-18-8-7-15-22-21-11-3-6-14-25(21)31(32-30)29(26)27(18)22/h1-17H/q+1. The summed E-state index contributed by atoms with van der Waals surface area (Å²) in [6, 6.07) is 37.1. The highest BCUT2D eigenvalue weighted by Gasteiger charge is 2.27. The maximum atomic E-state index is 6.92. The Balaban J connectivity index is 1.83. The first-order valence-electron chi connectivity index (χ1n) is 11.0. The zero-order valence-corrected chi connectivity index (χ0v) is 17.2. The molecule has 0 aliphatic carbocycles. The second kappa shape index (κ2) is 5.72. The van der Waals surface area contributed by atoms with Gasteiger partial charge in [-0.05, 0) is 44.5 Å². The van der Waals surface area contributed by atoms with E-state index in [9.17, 15) is 0 Å². The van der Waals surface area contributed by atoms with Crippen molar-refractivity contribution >= 4 is 75.8 Å². The van der Waals surface area contributed by atoms with Gasteiger partial charge in [0.2, 0.25) is 0 Å². The van der Waals surface area contributed by atoms with E-state index in [0.29, 0.717) is 0 Å². The van der Waals surface area contributed by atoms with E-state index in [-0.39, 0.29) is 0 Å². The Bertz CT molecular complexity index is 1990. The Morgan fingerprint density at radius 3 is 1.53 bits per heavy atom. The van der Waals surface area contributed by atoms with Gasteiger partial charge in [-0.3, -0.25) is 0 Å². The van der Waals surface area contributed by atoms with Crippen molar-refractivity contribution in [1.29, 1.82) is 0 Å². The molecule has 0 spiro atoms. The molecule has 0 radical (unpaired) electrons. The monoisotopic (exact) mass is 405 g/mol. The second-order valence-electron chi connectivity index (χ2n) is 8.66. The van der Waals surface area contributed by atoms with Gasteiger partial charge in [0.25, 0.3) is 0 Å². The third-order valence-electron chi connectivity index (χ3n) is 7.09. The predicted octanol–water partition coefficient (Wildman–Crippen LogP) is 9.07. The van der Waals surface area contributed by atoms with Crippen LogP contribution in [0.15, 0.2) is 108 Å². The molecule has 0 bridgehead atoms. The van der Waals surface area contributed by atoms with Crippen LogP contribution in [0.5, 0.6) is 0 Å². The van der Waals surface area contributed by atoms with Crippen LogP contribution in [-0.2, 0) is 0 Å². The molecule has 0 fully saturated rings. The van der Waals surface area contributed by atoms with Crippen LogP contribution in [0, 0.1) is 0 Å². The van der Waals surface area contributed by atoms with E-state index in [1.165, 1.54) is 59.2 Å². The highest BCUT2D eigenvalue weighted by atomic mass is 16.3. The molecule has 0 N–H and O–H groups in total. The van der Waals surface area contributed by atoms with Gasteiger partial charge >= 0.3 is 11.2 Å². The molecule has 1 nitrogen and oxygen atoms in total. The van der Waals surface area contributed by atoms with Gasteiger partial charge < -0.3 is 0 Å². The summed E-state index contributed by atoms with van der Waals surface area (Å²) in [6.45, 7) is 0. The molecule has 1 heteroatoms. The Hall–Kier alpha value is -4.23. The molecule has 8 aromatic rings. The fraction of sp³-hybridized carbons (Fsp3) is 0. The lowest BCUT2D eigenvalue weighted by Crippen LogP contribution is -1.90. The summed E-state index contributed by atoms with van der Waals surface area (Å²) in [5, 5.41) is 14.8. The van der Waals surface area contributed by atoms with Crippen molar-refractivity contribution in [1.82, 2.24) is 0 Å². The van der Waals surface area contributed by atoms with Gasteiger partial charge in [0.05, 0.1) is 21.5 Å². The average molecular weight is 405 g/mol. The molecule has 0 atom stereocenters. The van der Waals surface area contributed by atoms with Crippen LogP contribution in [0.4, 0.5) is 0 Å². The normalized spacial score (nSPS) is 12.4. The lowest BCUT2D eigenvalue weighted by molar-refractivity contribution is 0.670. The molecule has 0 saturated heterocycles. The molecule has 0 amide bonds. The summed E-state index contributed by atoms with van der Waals surface area (Å²) in [6.07, 6.45) is 0. The van der Waals surface area contributed by atoms with Crippen LogP contribution >= 0.6 is 0 Å². The Kier molecular flexibility index (Phi) is 2.94. The van der Waals surface area contributed by atoms with Crippen LogP contribution in [0.25, 0.3) is 75.8 Å². The summed E-state index contributed by atoms with van der Waals surface area (Å²) < 4.78 is 6.92. The Morgan fingerprint density at radius 1 is 0.312 bits per heavy atom. The SMILES string of the molecule is c1ccc2c(c1)c1ccccc1c1c3ccc4cccc5c6ccccc6c([o+]c21)c3c45. The van der Waals surface area contributed by atoms with Crippen LogP contribution in [0.3, 0.4) is 0 Å². The third kappa shape index (κ3) is 1.88. The van der Waals surface area contributed by atoms with E-state index in [0.717, 1.165) is 16.6 Å². The van der Waals surface area contributed by atoms with Crippen molar-refractivity contribution in [2.45, 2.75) is 0 Å².